The van der Waals surface area contributed by atoms with Crippen molar-refractivity contribution in [2.75, 3.05) is 0 Å². The molecule has 0 aliphatic rings. The second kappa shape index (κ2) is 6.07. The number of aromatic nitrogens is 2. The first-order valence-corrected chi connectivity index (χ1v) is 6.83. The molecule has 0 radical (unpaired) electrons. The summed E-state index contributed by atoms with van der Waals surface area (Å²) >= 11 is 3.46. The van der Waals surface area contributed by atoms with Gasteiger partial charge in [0.2, 0.25) is 0 Å². The van der Waals surface area contributed by atoms with Gasteiger partial charge in [0, 0.05) is 22.4 Å². The van der Waals surface area contributed by atoms with Crippen molar-refractivity contribution in [2.45, 2.75) is 25.8 Å². The first-order valence-electron chi connectivity index (χ1n) is 6.04. The molecule has 1 aromatic heterocycles. The Morgan fingerprint density at radius 2 is 1.94 bits per heavy atom. The minimum atomic E-state index is -0.0634. The van der Waals surface area contributed by atoms with E-state index in [4.69, 9.17) is 5.73 Å². The molecule has 2 N–H and O–H groups in total. The minimum absolute atomic E-state index is 0.0634. The maximum Gasteiger partial charge on any atom is 0.144 e. The Bertz CT molecular complexity index is 511. The Morgan fingerprint density at radius 1 is 1.22 bits per heavy atom. The van der Waals surface area contributed by atoms with Gasteiger partial charge < -0.3 is 5.73 Å². The van der Waals surface area contributed by atoms with E-state index in [1.165, 1.54) is 0 Å². The molecule has 0 fully saturated rings. The van der Waals surface area contributed by atoms with E-state index in [0.717, 1.165) is 34.3 Å². The molecule has 1 atom stereocenters. The second-order valence-electron chi connectivity index (χ2n) is 4.24. The van der Waals surface area contributed by atoms with Gasteiger partial charge in [-0.2, -0.15) is 0 Å². The van der Waals surface area contributed by atoms with Gasteiger partial charge in [0.15, 0.2) is 0 Å². The molecule has 1 heterocycles. The topological polar surface area (TPSA) is 51.8 Å². The molecule has 18 heavy (non-hydrogen) atoms. The van der Waals surface area contributed by atoms with Crippen molar-refractivity contribution in [3.8, 4) is 11.1 Å². The lowest BCUT2D eigenvalue weighted by Crippen LogP contribution is -2.13. The van der Waals surface area contributed by atoms with Crippen LogP contribution in [0.4, 0.5) is 0 Å². The minimum Gasteiger partial charge on any atom is -0.321 e. The van der Waals surface area contributed by atoms with Crippen LogP contribution in [-0.2, 0) is 0 Å². The van der Waals surface area contributed by atoms with Crippen molar-refractivity contribution in [3.63, 3.8) is 0 Å². The highest BCUT2D eigenvalue weighted by atomic mass is 79.9. The predicted molar refractivity (Wildman–Crippen MR) is 77.0 cm³/mol. The SMILES string of the molecule is CCCC(N)c1ncc(-c2cccc(Br)c2)cn1. The van der Waals surface area contributed by atoms with Crippen LogP contribution in [0.15, 0.2) is 41.1 Å². The summed E-state index contributed by atoms with van der Waals surface area (Å²) in [5.41, 5.74) is 8.09. The van der Waals surface area contributed by atoms with Gasteiger partial charge in [0.05, 0.1) is 6.04 Å². The van der Waals surface area contributed by atoms with Gasteiger partial charge in [-0.05, 0) is 24.1 Å². The molecule has 4 heteroatoms. The molecule has 2 rings (SSSR count). The van der Waals surface area contributed by atoms with Crippen LogP contribution < -0.4 is 5.73 Å². The summed E-state index contributed by atoms with van der Waals surface area (Å²) in [6.45, 7) is 2.11. The highest BCUT2D eigenvalue weighted by Crippen LogP contribution is 2.22. The quantitative estimate of drug-likeness (QED) is 0.937. The Hall–Kier alpha value is -1.26. The fraction of sp³-hybridized carbons (Fsp3) is 0.286. The van der Waals surface area contributed by atoms with Crippen molar-refractivity contribution in [1.29, 1.82) is 0 Å². The zero-order valence-electron chi connectivity index (χ0n) is 10.3. The number of hydrogen-bond donors (Lipinski definition) is 1. The molecule has 94 valence electrons. The third-order valence-electron chi connectivity index (χ3n) is 2.76. The van der Waals surface area contributed by atoms with Crippen LogP contribution in [0.3, 0.4) is 0 Å². The van der Waals surface area contributed by atoms with Gasteiger partial charge >= 0.3 is 0 Å². The van der Waals surface area contributed by atoms with Crippen molar-refractivity contribution < 1.29 is 0 Å². The normalized spacial score (nSPS) is 12.4. The molecule has 0 amide bonds. The summed E-state index contributed by atoms with van der Waals surface area (Å²) in [4.78, 5) is 8.70. The fourth-order valence-electron chi connectivity index (χ4n) is 1.79. The van der Waals surface area contributed by atoms with E-state index in [0.29, 0.717) is 0 Å². The average Bonchev–Trinajstić information content (AvgIpc) is 2.39. The molecule has 0 aliphatic carbocycles. The van der Waals surface area contributed by atoms with Crippen LogP contribution in [0.2, 0.25) is 0 Å². The van der Waals surface area contributed by atoms with E-state index in [9.17, 15) is 0 Å². The standard InChI is InChI=1S/C14H16BrN3/c1-2-4-13(16)14-17-8-11(9-18-14)10-5-3-6-12(15)7-10/h3,5-9,13H,2,4,16H2,1H3. The van der Waals surface area contributed by atoms with Crippen molar-refractivity contribution >= 4 is 15.9 Å². The van der Waals surface area contributed by atoms with Crippen molar-refractivity contribution in [1.82, 2.24) is 9.97 Å². The molecule has 0 saturated carbocycles. The summed E-state index contributed by atoms with van der Waals surface area (Å²) in [6, 6.07) is 8.01. The molecule has 3 nitrogen and oxygen atoms in total. The van der Waals surface area contributed by atoms with E-state index in [1.807, 2.05) is 36.7 Å². The molecular formula is C14H16BrN3. The van der Waals surface area contributed by atoms with E-state index < -0.39 is 0 Å². The molecule has 2 aromatic rings. The van der Waals surface area contributed by atoms with E-state index in [2.05, 4.69) is 32.8 Å². The Kier molecular flexibility index (Phi) is 4.44. The Balaban J connectivity index is 2.22. The van der Waals surface area contributed by atoms with Gasteiger partial charge in [-0.25, -0.2) is 9.97 Å². The third-order valence-corrected chi connectivity index (χ3v) is 3.25. The van der Waals surface area contributed by atoms with Crippen LogP contribution in [0.25, 0.3) is 11.1 Å². The number of nitrogens with zero attached hydrogens (tertiary/aromatic N) is 2. The number of benzene rings is 1. The highest BCUT2D eigenvalue weighted by molar-refractivity contribution is 9.10. The Morgan fingerprint density at radius 3 is 2.56 bits per heavy atom. The summed E-state index contributed by atoms with van der Waals surface area (Å²) in [5, 5.41) is 0. The van der Waals surface area contributed by atoms with Crippen molar-refractivity contribution in [3.05, 3.63) is 47.0 Å². The summed E-state index contributed by atoms with van der Waals surface area (Å²) in [6.07, 6.45) is 5.62. The molecule has 0 saturated heterocycles. The van der Waals surface area contributed by atoms with E-state index >= 15 is 0 Å². The van der Waals surface area contributed by atoms with Gasteiger partial charge in [-0.1, -0.05) is 41.4 Å². The van der Waals surface area contributed by atoms with Crippen LogP contribution in [-0.4, -0.2) is 9.97 Å². The molecule has 1 aromatic carbocycles. The van der Waals surface area contributed by atoms with Gasteiger partial charge in [-0.15, -0.1) is 0 Å². The zero-order chi connectivity index (χ0) is 13.0. The third kappa shape index (κ3) is 3.15. The summed E-state index contributed by atoms with van der Waals surface area (Å²) in [5.74, 6) is 0.718. The molecule has 1 unspecified atom stereocenters. The van der Waals surface area contributed by atoms with Crippen LogP contribution in [0.5, 0.6) is 0 Å². The summed E-state index contributed by atoms with van der Waals surface area (Å²) < 4.78 is 1.05. The first kappa shape index (κ1) is 13.2. The molecule has 0 bridgehead atoms. The number of hydrogen-bond acceptors (Lipinski definition) is 3. The average molecular weight is 306 g/mol. The maximum absolute atomic E-state index is 5.99. The summed E-state index contributed by atoms with van der Waals surface area (Å²) in [7, 11) is 0. The van der Waals surface area contributed by atoms with Gasteiger partial charge in [-0.3, -0.25) is 0 Å². The lowest BCUT2D eigenvalue weighted by atomic mass is 10.1. The highest BCUT2D eigenvalue weighted by Gasteiger charge is 2.08. The zero-order valence-corrected chi connectivity index (χ0v) is 11.9. The van der Waals surface area contributed by atoms with Gasteiger partial charge in [0.25, 0.3) is 0 Å². The molecule has 0 spiro atoms. The second-order valence-corrected chi connectivity index (χ2v) is 5.15. The monoisotopic (exact) mass is 305 g/mol. The predicted octanol–water partition coefficient (Wildman–Crippen LogP) is 3.71. The van der Waals surface area contributed by atoms with E-state index in [1.54, 1.807) is 0 Å². The van der Waals surface area contributed by atoms with Crippen LogP contribution in [0.1, 0.15) is 31.6 Å². The Labute approximate surface area is 116 Å². The maximum atomic E-state index is 5.99. The number of rotatable bonds is 4. The van der Waals surface area contributed by atoms with Crippen molar-refractivity contribution in [2.24, 2.45) is 5.73 Å². The smallest absolute Gasteiger partial charge is 0.144 e. The fourth-order valence-corrected chi connectivity index (χ4v) is 2.19. The molecule has 0 aliphatic heterocycles. The lowest BCUT2D eigenvalue weighted by molar-refractivity contribution is 0.602. The van der Waals surface area contributed by atoms with Crippen LogP contribution in [0, 0.1) is 0 Å². The van der Waals surface area contributed by atoms with Gasteiger partial charge in [0.1, 0.15) is 5.82 Å². The van der Waals surface area contributed by atoms with E-state index in [-0.39, 0.29) is 6.04 Å². The molecular weight excluding hydrogens is 290 g/mol. The number of nitrogens with two attached hydrogens (primary N) is 1. The van der Waals surface area contributed by atoms with Crippen LogP contribution >= 0.6 is 15.9 Å². The lowest BCUT2D eigenvalue weighted by Gasteiger charge is -2.09. The largest absolute Gasteiger partial charge is 0.321 e. The first-order chi connectivity index (χ1) is 8.70. The number of halogens is 1.